The van der Waals surface area contributed by atoms with Gasteiger partial charge in [-0.05, 0) is 26.3 Å². The van der Waals surface area contributed by atoms with E-state index in [1.54, 1.807) is 26.0 Å². The zero-order valence-electron chi connectivity index (χ0n) is 17.1. The van der Waals surface area contributed by atoms with Gasteiger partial charge in [0.2, 0.25) is 21.7 Å². The third-order valence-electron chi connectivity index (χ3n) is 5.04. The van der Waals surface area contributed by atoms with E-state index in [4.69, 9.17) is 0 Å². The average Bonchev–Trinajstić information content (AvgIpc) is 3.29. The smallest absolute Gasteiger partial charge is 0.283 e. The summed E-state index contributed by atoms with van der Waals surface area (Å²) in [5, 5.41) is 31.1. The fraction of sp³-hybridized carbons (Fsp3) is 0.200. The second-order valence-corrected chi connectivity index (χ2v) is 9.60. The molecule has 0 saturated heterocycles. The lowest BCUT2D eigenvalue weighted by Gasteiger charge is -2.18. The van der Waals surface area contributed by atoms with Crippen LogP contribution in [0.2, 0.25) is 0 Å². The highest BCUT2D eigenvalue weighted by molar-refractivity contribution is 7.16. The Bertz CT molecular complexity index is 1530. The molecule has 0 aliphatic carbocycles. The van der Waals surface area contributed by atoms with Crippen molar-refractivity contribution in [1.82, 2.24) is 29.2 Å². The van der Waals surface area contributed by atoms with Crippen molar-refractivity contribution in [3.8, 4) is 11.8 Å². The van der Waals surface area contributed by atoms with Gasteiger partial charge in [0.15, 0.2) is 0 Å². The molecule has 5 rings (SSSR count). The number of hydrogen-bond donors (Lipinski definition) is 2. The minimum atomic E-state index is -1.14. The third kappa shape index (κ3) is 3.07. The van der Waals surface area contributed by atoms with Crippen molar-refractivity contribution in [3.05, 3.63) is 77.2 Å². The zero-order valence-corrected chi connectivity index (χ0v) is 18.7. The molecule has 4 aromatic heterocycles. The standard InChI is InChI=1S/C20H16N6O4S2/c1-8-4-6-11(7-5-8)12(13-15(27)21-19-25(17(13)29)23-9(2)31-19)14-16(28)22-20-26(18(14)30)24-10(3)32-20/h4-7,12,27-28H,1-3H3. The van der Waals surface area contributed by atoms with E-state index in [0.717, 1.165) is 37.3 Å². The van der Waals surface area contributed by atoms with E-state index in [1.807, 2.05) is 19.1 Å². The average molecular weight is 469 g/mol. The molecule has 0 unspecified atom stereocenters. The van der Waals surface area contributed by atoms with Gasteiger partial charge in [0.1, 0.15) is 10.0 Å². The Labute approximate surface area is 187 Å². The van der Waals surface area contributed by atoms with Crippen molar-refractivity contribution in [2.45, 2.75) is 26.7 Å². The molecule has 0 spiro atoms. The highest BCUT2D eigenvalue weighted by Gasteiger charge is 2.32. The Hall–Kier alpha value is -3.64. The van der Waals surface area contributed by atoms with Gasteiger partial charge in [0.25, 0.3) is 11.1 Å². The highest BCUT2D eigenvalue weighted by atomic mass is 32.1. The normalized spacial score (nSPS) is 11.8. The van der Waals surface area contributed by atoms with Crippen LogP contribution in [0.25, 0.3) is 9.92 Å². The Kier molecular flexibility index (Phi) is 4.57. The van der Waals surface area contributed by atoms with Crippen molar-refractivity contribution >= 4 is 32.6 Å². The van der Waals surface area contributed by atoms with Gasteiger partial charge in [-0.15, -0.1) is 0 Å². The van der Waals surface area contributed by atoms with Crippen LogP contribution in [0, 0.1) is 20.8 Å². The first-order chi connectivity index (χ1) is 15.2. The maximum Gasteiger partial charge on any atom is 0.283 e. The van der Waals surface area contributed by atoms with E-state index in [-0.39, 0.29) is 21.0 Å². The predicted molar refractivity (Wildman–Crippen MR) is 119 cm³/mol. The second-order valence-electron chi connectivity index (χ2n) is 7.28. The van der Waals surface area contributed by atoms with Crippen LogP contribution in [0.15, 0.2) is 33.9 Å². The first-order valence-electron chi connectivity index (χ1n) is 9.50. The zero-order chi connectivity index (χ0) is 22.7. The fourth-order valence-electron chi connectivity index (χ4n) is 3.63. The second kappa shape index (κ2) is 7.21. The van der Waals surface area contributed by atoms with Crippen LogP contribution in [0.4, 0.5) is 0 Å². The summed E-state index contributed by atoms with van der Waals surface area (Å²) in [6.45, 7) is 5.33. The van der Waals surface area contributed by atoms with Gasteiger partial charge < -0.3 is 10.2 Å². The molecule has 12 heteroatoms. The number of aromatic hydroxyl groups is 2. The van der Waals surface area contributed by atoms with Gasteiger partial charge >= 0.3 is 0 Å². The predicted octanol–water partition coefficient (Wildman–Crippen LogP) is 2.13. The molecule has 0 amide bonds. The first-order valence-corrected chi connectivity index (χ1v) is 11.1. The van der Waals surface area contributed by atoms with E-state index in [0.29, 0.717) is 15.6 Å². The number of fused-ring (bicyclic) bond motifs is 2. The van der Waals surface area contributed by atoms with Crippen LogP contribution in [0.5, 0.6) is 11.8 Å². The molecule has 0 aliphatic rings. The summed E-state index contributed by atoms with van der Waals surface area (Å²) < 4.78 is 2.17. The third-order valence-corrected chi connectivity index (χ3v) is 6.69. The van der Waals surface area contributed by atoms with Crippen LogP contribution in [-0.4, -0.2) is 39.4 Å². The van der Waals surface area contributed by atoms with Crippen molar-refractivity contribution in [1.29, 1.82) is 0 Å². The lowest BCUT2D eigenvalue weighted by atomic mass is 9.86. The molecule has 4 heterocycles. The summed E-state index contributed by atoms with van der Waals surface area (Å²) in [6.07, 6.45) is 0. The summed E-state index contributed by atoms with van der Waals surface area (Å²) >= 11 is 2.30. The SMILES string of the molecule is Cc1ccc(C(c2c(O)nc3sc(C)nn3c2=O)c2c(O)nc3sc(C)nn3c2=O)cc1. The molecule has 0 fully saturated rings. The van der Waals surface area contributed by atoms with Crippen molar-refractivity contribution in [2.75, 3.05) is 0 Å². The number of benzene rings is 1. The van der Waals surface area contributed by atoms with E-state index >= 15 is 0 Å². The number of hydrogen-bond acceptors (Lipinski definition) is 10. The molecule has 32 heavy (non-hydrogen) atoms. The summed E-state index contributed by atoms with van der Waals surface area (Å²) in [5.74, 6) is -2.22. The molecule has 0 radical (unpaired) electrons. The molecule has 0 bridgehead atoms. The van der Waals surface area contributed by atoms with Gasteiger partial charge in [-0.1, -0.05) is 52.5 Å². The number of nitrogens with zero attached hydrogens (tertiary/aromatic N) is 6. The van der Waals surface area contributed by atoms with Gasteiger partial charge in [-0.25, -0.2) is 0 Å². The summed E-state index contributed by atoms with van der Waals surface area (Å²) in [7, 11) is 0. The highest BCUT2D eigenvalue weighted by Crippen LogP contribution is 2.36. The van der Waals surface area contributed by atoms with Gasteiger partial charge in [0, 0.05) is 0 Å². The lowest BCUT2D eigenvalue weighted by Crippen LogP contribution is -2.29. The van der Waals surface area contributed by atoms with Crippen LogP contribution in [0.1, 0.15) is 38.2 Å². The maximum absolute atomic E-state index is 13.4. The van der Waals surface area contributed by atoms with Crippen LogP contribution in [0.3, 0.4) is 0 Å². The summed E-state index contributed by atoms with van der Waals surface area (Å²) in [6, 6.07) is 7.06. The molecule has 2 N–H and O–H groups in total. The quantitative estimate of drug-likeness (QED) is 0.411. The van der Waals surface area contributed by atoms with Gasteiger partial charge in [-0.2, -0.15) is 29.2 Å². The molecule has 162 valence electrons. The Morgan fingerprint density at radius 2 is 1.22 bits per heavy atom. The van der Waals surface area contributed by atoms with Crippen LogP contribution >= 0.6 is 22.7 Å². The van der Waals surface area contributed by atoms with E-state index in [1.165, 1.54) is 0 Å². The largest absolute Gasteiger partial charge is 0.493 e. The molecular formula is C20H16N6O4S2. The molecule has 0 aliphatic heterocycles. The topological polar surface area (TPSA) is 135 Å². The maximum atomic E-state index is 13.4. The molecule has 0 saturated carbocycles. The molecule has 0 atom stereocenters. The number of aryl methyl sites for hydroxylation is 3. The molecular weight excluding hydrogens is 452 g/mol. The van der Waals surface area contributed by atoms with E-state index in [9.17, 15) is 19.8 Å². The van der Waals surface area contributed by atoms with Crippen LogP contribution < -0.4 is 11.1 Å². The van der Waals surface area contributed by atoms with Crippen molar-refractivity contribution in [2.24, 2.45) is 0 Å². The molecule has 1 aromatic carbocycles. The Morgan fingerprint density at radius 3 is 1.66 bits per heavy atom. The van der Waals surface area contributed by atoms with Crippen LogP contribution in [-0.2, 0) is 0 Å². The van der Waals surface area contributed by atoms with Crippen molar-refractivity contribution in [3.63, 3.8) is 0 Å². The molecule has 5 aromatic rings. The van der Waals surface area contributed by atoms with Gasteiger partial charge in [-0.3, -0.25) is 9.59 Å². The summed E-state index contributed by atoms with van der Waals surface area (Å²) in [4.78, 5) is 35.5. The first kappa shape index (κ1) is 20.3. The molecule has 10 nitrogen and oxygen atoms in total. The van der Waals surface area contributed by atoms with E-state index < -0.39 is 28.8 Å². The lowest BCUT2D eigenvalue weighted by molar-refractivity contribution is 0.433. The van der Waals surface area contributed by atoms with Gasteiger partial charge in [0.05, 0.1) is 17.0 Å². The minimum Gasteiger partial charge on any atom is -0.493 e. The number of aromatic nitrogens is 6. The summed E-state index contributed by atoms with van der Waals surface area (Å²) in [5.41, 5.74) is -0.184. The number of rotatable bonds is 3. The monoisotopic (exact) mass is 468 g/mol. The Morgan fingerprint density at radius 1 is 0.781 bits per heavy atom. The Balaban J connectivity index is 1.90. The van der Waals surface area contributed by atoms with E-state index in [2.05, 4.69) is 20.2 Å². The van der Waals surface area contributed by atoms with Crippen molar-refractivity contribution < 1.29 is 10.2 Å². The minimum absolute atomic E-state index is 0.183. The fourth-order valence-corrected chi connectivity index (χ4v) is 5.08.